The largest absolute Gasteiger partial charge is 0.321 e. The number of carbonyl (C=O) groups excluding carboxylic acids is 2. The number of benzene rings is 3. The summed E-state index contributed by atoms with van der Waals surface area (Å²) in [7, 11) is 0. The van der Waals surface area contributed by atoms with Gasteiger partial charge in [-0.1, -0.05) is 54.1 Å². The van der Waals surface area contributed by atoms with Crippen LogP contribution in [0.5, 0.6) is 0 Å². The molecule has 0 aliphatic carbocycles. The standard InChI is InChI=1S/C23H20N2O2/c1-15-11-12-20-19(13-15)22(26)24-21-16(2)7-6-10-18(21)23(27)25(20)14-17-8-4-3-5-9-17/h3-13H,14H2,1-2H3,(H,24,26). The van der Waals surface area contributed by atoms with Gasteiger partial charge in [-0.25, -0.2) is 0 Å². The number of nitrogens with one attached hydrogen (secondary N) is 1. The van der Waals surface area contributed by atoms with Crippen LogP contribution in [0.1, 0.15) is 37.4 Å². The van der Waals surface area contributed by atoms with Crippen LogP contribution in [0.3, 0.4) is 0 Å². The van der Waals surface area contributed by atoms with E-state index in [0.29, 0.717) is 29.0 Å². The van der Waals surface area contributed by atoms with Gasteiger partial charge in [0.15, 0.2) is 0 Å². The van der Waals surface area contributed by atoms with Gasteiger partial charge < -0.3 is 10.2 Å². The fourth-order valence-corrected chi connectivity index (χ4v) is 3.44. The van der Waals surface area contributed by atoms with Crippen molar-refractivity contribution in [1.82, 2.24) is 0 Å². The predicted octanol–water partition coefficient (Wildman–Crippen LogP) is 4.72. The summed E-state index contributed by atoms with van der Waals surface area (Å²) in [5.74, 6) is -0.322. The van der Waals surface area contributed by atoms with Crippen molar-refractivity contribution in [3.63, 3.8) is 0 Å². The molecule has 0 unspecified atom stereocenters. The zero-order valence-corrected chi connectivity index (χ0v) is 15.3. The van der Waals surface area contributed by atoms with E-state index in [2.05, 4.69) is 5.32 Å². The van der Waals surface area contributed by atoms with E-state index in [0.717, 1.165) is 16.7 Å². The Balaban J connectivity index is 1.91. The van der Waals surface area contributed by atoms with Gasteiger partial charge in [-0.3, -0.25) is 9.59 Å². The van der Waals surface area contributed by atoms with Gasteiger partial charge in [0.2, 0.25) is 0 Å². The molecule has 1 heterocycles. The lowest BCUT2D eigenvalue weighted by Crippen LogP contribution is -2.35. The summed E-state index contributed by atoms with van der Waals surface area (Å²) < 4.78 is 0. The molecule has 4 heteroatoms. The summed E-state index contributed by atoms with van der Waals surface area (Å²) >= 11 is 0. The summed E-state index contributed by atoms with van der Waals surface area (Å²) in [4.78, 5) is 28.2. The summed E-state index contributed by atoms with van der Waals surface area (Å²) in [5.41, 5.74) is 5.06. The van der Waals surface area contributed by atoms with Crippen LogP contribution < -0.4 is 10.2 Å². The van der Waals surface area contributed by atoms with Gasteiger partial charge in [0.25, 0.3) is 11.8 Å². The molecule has 0 atom stereocenters. The number of aryl methyl sites for hydroxylation is 2. The first-order valence-electron chi connectivity index (χ1n) is 8.92. The predicted molar refractivity (Wildman–Crippen MR) is 107 cm³/mol. The molecule has 1 N–H and O–H groups in total. The summed E-state index contributed by atoms with van der Waals surface area (Å²) in [6, 6.07) is 20.9. The van der Waals surface area contributed by atoms with Gasteiger partial charge in [0, 0.05) is 0 Å². The van der Waals surface area contributed by atoms with E-state index in [1.165, 1.54) is 0 Å². The monoisotopic (exact) mass is 356 g/mol. The molecule has 0 bridgehead atoms. The van der Waals surface area contributed by atoms with Gasteiger partial charge >= 0.3 is 0 Å². The van der Waals surface area contributed by atoms with Gasteiger partial charge in [-0.2, -0.15) is 0 Å². The Kier molecular flexibility index (Phi) is 4.24. The molecule has 1 aliphatic heterocycles. The van der Waals surface area contributed by atoms with E-state index in [1.54, 1.807) is 11.0 Å². The van der Waals surface area contributed by atoms with E-state index in [-0.39, 0.29) is 11.8 Å². The minimum absolute atomic E-state index is 0.123. The molecule has 3 aromatic rings. The van der Waals surface area contributed by atoms with Gasteiger partial charge in [0.05, 0.1) is 29.0 Å². The Morgan fingerprint density at radius 2 is 1.63 bits per heavy atom. The molecule has 1 aliphatic rings. The van der Waals surface area contributed by atoms with Gasteiger partial charge in [-0.05, 0) is 43.2 Å². The second kappa shape index (κ2) is 6.72. The van der Waals surface area contributed by atoms with E-state index in [9.17, 15) is 9.59 Å². The summed E-state index contributed by atoms with van der Waals surface area (Å²) in [5, 5.41) is 2.94. The van der Waals surface area contributed by atoms with Crippen molar-refractivity contribution < 1.29 is 9.59 Å². The Morgan fingerprint density at radius 3 is 2.41 bits per heavy atom. The zero-order chi connectivity index (χ0) is 19.0. The fourth-order valence-electron chi connectivity index (χ4n) is 3.44. The van der Waals surface area contributed by atoms with Crippen LogP contribution in [0.15, 0.2) is 66.7 Å². The first-order chi connectivity index (χ1) is 13.0. The van der Waals surface area contributed by atoms with E-state index >= 15 is 0 Å². The minimum Gasteiger partial charge on any atom is -0.321 e. The van der Waals surface area contributed by atoms with Crippen LogP contribution in [0.4, 0.5) is 11.4 Å². The van der Waals surface area contributed by atoms with Crippen molar-refractivity contribution in [2.24, 2.45) is 0 Å². The number of carbonyl (C=O) groups is 2. The van der Waals surface area contributed by atoms with E-state index in [1.807, 2.05) is 74.5 Å². The number of rotatable bonds is 2. The van der Waals surface area contributed by atoms with Crippen LogP contribution in [0.25, 0.3) is 0 Å². The second-order valence-corrected chi connectivity index (χ2v) is 6.85. The third kappa shape index (κ3) is 3.10. The summed E-state index contributed by atoms with van der Waals surface area (Å²) in [6.45, 7) is 4.23. The van der Waals surface area contributed by atoms with Gasteiger partial charge in [0.1, 0.15) is 0 Å². The zero-order valence-electron chi connectivity index (χ0n) is 15.3. The Bertz CT molecular complexity index is 1040. The average molecular weight is 356 g/mol. The smallest absolute Gasteiger partial charge is 0.260 e. The second-order valence-electron chi connectivity index (χ2n) is 6.85. The molecular formula is C23H20N2O2. The van der Waals surface area contributed by atoms with Crippen molar-refractivity contribution >= 4 is 23.2 Å². The molecule has 27 heavy (non-hydrogen) atoms. The average Bonchev–Trinajstić information content (AvgIpc) is 2.67. The first kappa shape index (κ1) is 17.0. The number of para-hydroxylation sites is 1. The fraction of sp³-hybridized carbons (Fsp3) is 0.130. The van der Waals surface area contributed by atoms with Crippen LogP contribution in [0.2, 0.25) is 0 Å². The lowest BCUT2D eigenvalue weighted by Gasteiger charge is -2.29. The van der Waals surface area contributed by atoms with Crippen LogP contribution in [-0.4, -0.2) is 11.8 Å². The molecule has 0 radical (unpaired) electrons. The van der Waals surface area contributed by atoms with Crippen molar-refractivity contribution in [3.8, 4) is 0 Å². The van der Waals surface area contributed by atoms with Gasteiger partial charge in [-0.15, -0.1) is 0 Å². The van der Waals surface area contributed by atoms with Crippen LogP contribution in [-0.2, 0) is 6.54 Å². The van der Waals surface area contributed by atoms with Crippen molar-refractivity contribution in [1.29, 1.82) is 0 Å². The highest BCUT2D eigenvalue weighted by Gasteiger charge is 2.29. The van der Waals surface area contributed by atoms with Crippen LogP contribution >= 0.6 is 0 Å². The molecule has 4 nitrogen and oxygen atoms in total. The van der Waals surface area contributed by atoms with Crippen molar-refractivity contribution in [3.05, 3.63) is 94.5 Å². The lowest BCUT2D eigenvalue weighted by atomic mass is 10.0. The molecule has 0 saturated heterocycles. The molecule has 0 saturated carbocycles. The molecule has 3 aromatic carbocycles. The quantitative estimate of drug-likeness (QED) is 0.722. The number of nitrogens with zero attached hydrogens (tertiary/aromatic N) is 1. The minimum atomic E-state index is -0.199. The highest BCUT2D eigenvalue weighted by Crippen LogP contribution is 2.32. The Hall–Kier alpha value is -3.40. The van der Waals surface area contributed by atoms with E-state index in [4.69, 9.17) is 0 Å². The third-order valence-electron chi connectivity index (χ3n) is 4.86. The molecular weight excluding hydrogens is 336 g/mol. The number of fused-ring (bicyclic) bond motifs is 2. The third-order valence-corrected chi connectivity index (χ3v) is 4.86. The topological polar surface area (TPSA) is 49.4 Å². The molecule has 0 aromatic heterocycles. The molecule has 4 rings (SSSR count). The Labute approximate surface area is 158 Å². The lowest BCUT2D eigenvalue weighted by molar-refractivity contribution is 0.0983. The molecule has 2 amide bonds. The van der Waals surface area contributed by atoms with Crippen molar-refractivity contribution in [2.45, 2.75) is 20.4 Å². The highest BCUT2D eigenvalue weighted by atomic mass is 16.2. The highest BCUT2D eigenvalue weighted by molar-refractivity contribution is 6.19. The van der Waals surface area contributed by atoms with E-state index < -0.39 is 0 Å². The molecule has 0 fully saturated rings. The molecule has 134 valence electrons. The van der Waals surface area contributed by atoms with Crippen LogP contribution in [0, 0.1) is 13.8 Å². The summed E-state index contributed by atoms with van der Waals surface area (Å²) in [6.07, 6.45) is 0. The SMILES string of the molecule is Cc1ccc2c(c1)C(=O)Nc1c(C)cccc1C(=O)N2Cc1ccccc1. The number of amides is 2. The number of anilines is 2. The maximum atomic E-state index is 13.5. The number of hydrogen-bond acceptors (Lipinski definition) is 2. The van der Waals surface area contributed by atoms with Crippen molar-refractivity contribution in [2.75, 3.05) is 10.2 Å². The maximum absolute atomic E-state index is 13.5. The first-order valence-corrected chi connectivity index (χ1v) is 8.92. The molecule has 0 spiro atoms. The normalized spacial score (nSPS) is 13.3. The maximum Gasteiger partial charge on any atom is 0.260 e. The Morgan fingerprint density at radius 1 is 0.852 bits per heavy atom. The number of hydrogen-bond donors (Lipinski definition) is 1.